The van der Waals surface area contributed by atoms with Crippen molar-refractivity contribution in [1.29, 1.82) is 0 Å². The second-order valence-corrected chi connectivity index (χ2v) is 6.45. The van der Waals surface area contributed by atoms with Crippen LogP contribution in [0.25, 0.3) is 11.0 Å². The molecule has 0 saturated heterocycles. The molecule has 29 heavy (non-hydrogen) atoms. The number of nitrogens with one attached hydrogen (secondary N) is 1. The van der Waals surface area contributed by atoms with E-state index in [9.17, 15) is 27.5 Å². The number of H-pyrrole nitrogens is 1. The number of nitrogens with zero attached hydrogens (tertiary/aromatic N) is 4. The number of hydrogen-bond acceptors (Lipinski definition) is 6. The number of alkyl halides is 3. The number of aromatic nitrogens is 4. The second kappa shape index (κ2) is 7.35. The number of aromatic amines is 1. The van der Waals surface area contributed by atoms with Crippen molar-refractivity contribution >= 4 is 17.0 Å². The van der Waals surface area contributed by atoms with Crippen molar-refractivity contribution in [1.82, 2.24) is 19.7 Å². The third kappa shape index (κ3) is 4.01. The molecule has 1 aromatic carbocycles. The fraction of sp³-hybridized carbons (Fsp3) is 0.353. The molecular formula is C17H17F4N5O3. The van der Waals surface area contributed by atoms with Crippen LogP contribution in [0, 0.1) is 5.82 Å². The second-order valence-electron chi connectivity index (χ2n) is 6.45. The van der Waals surface area contributed by atoms with Crippen LogP contribution >= 0.6 is 0 Å². The first-order chi connectivity index (χ1) is 13.5. The highest BCUT2D eigenvalue weighted by Crippen LogP contribution is 2.30. The van der Waals surface area contributed by atoms with Gasteiger partial charge in [-0.1, -0.05) is 6.07 Å². The summed E-state index contributed by atoms with van der Waals surface area (Å²) < 4.78 is 56.0. The van der Waals surface area contributed by atoms with Gasteiger partial charge in [0.1, 0.15) is 11.1 Å². The van der Waals surface area contributed by atoms with E-state index < -0.39 is 36.1 Å². The van der Waals surface area contributed by atoms with Crippen molar-refractivity contribution in [2.45, 2.75) is 25.9 Å². The van der Waals surface area contributed by atoms with Crippen LogP contribution in [0.5, 0.6) is 5.75 Å². The third-order valence-electron chi connectivity index (χ3n) is 4.23. The van der Waals surface area contributed by atoms with Crippen molar-refractivity contribution in [2.75, 3.05) is 19.0 Å². The first kappa shape index (κ1) is 20.6. The third-order valence-corrected chi connectivity index (χ3v) is 4.23. The molecule has 0 fully saturated rings. The Kier molecular flexibility index (Phi) is 5.22. The van der Waals surface area contributed by atoms with Gasteiger partial charge in [0.05, 0.1) is 12.6 Å². The zero-order chi connectivity index (χ0) is 21.5. The van der Waals surface area contributed by atoms with E-state index in [0.717, 1.165) is 12.1 Å². The highest BCUT2D eigenvalue weighted by molar-refractivity contribution is 5.78. The summed E-state index contributed by atoms with van der Waals surface area (Å²) in [5.41, 5.74) is -0.0332. The van der Waals surface area contributed by atoms with Crippen LogP contribution in [0.3, 0.4) is 0 Å². The number of fused-ring (bicyclic) bond motifs is 1. The van der Waals surface area contributed by atoms with Crippen LogP contribution in [-0.4, -0.2) is 45.3 Å². The molecule has 0 radical (unpaired) electrons. The molecule has 1 unspecified atom stereocenters. The lowest BCUT2D eigenvalue weighted by Gasteiger charge is -2.16. The number of ether oxygens (including phenoxy) is 1. The van der Waals surface area contributed by atoms with Crippen LogP contribution in [-0.2, 0) is 6.61 Å². The number of benzene rings is 1. The first-order valence-corrected chi connectivity index (χ1v) is 8.36. The first-order valence-electron chi connectivity index (χ1n) is 8.36. The molecule has 3 aromatic rings. The van der Waals surface area contributed by atoms with Gasteiger partial charge in [-0.2, -0.15) is 10.1 Å². The highest BCUT2D eigenvalue weighted by Gasteiger charge is 2.32. The number of rotatable bonds is 5. The minimum absolute atomic E-state index is 0.0717. The zero-order valence-electron chi connectivity index (χ0n) is 15.6. The van der Waals surface area contributed by atoms with E-state index in [-0.39, 0.29) is 28.2 Å². The molecule has 1 atom stereocenters. The maximum absolute atomic E-state index is 14.1. The molecule has 12 heteroatoms. The summed E-state index contributed by atoms with van der Waals surface area (Å²) in [5, 5.41) is 13.8. The van der Waals surface area contributed by atoms with Crippen LogP contribution in [0.4, 0.5) is 23.5 Å². The maximum atomic E-state index is 14.1. The summed E-state index contributed by atoms with van der Waals surface area (Å²) in [7, 11) is 3.33. The van der Waals surface area contributed by atoms with Crippen LogP contribution in [0.2, 0.25) is 0 Å². The van der Waals surface area contributed by atoms with Gasteiger partial charge in [-0.05, 0) is 24.6 Å². The molecule has 0 aliphatic heterocycles. The lowest BCUT2D eigenvalue weighted by atomic mass is 10.1. The van der Waals surface area contributed by atoms with E-state index >= 15 is 0 Å². The van der Waals surface area contributed by atoms with E-state index in [0.29, 0.717) is 0 Å². The lowest BCUT2D eigenvalue weighted by Crippen LogP contribution is -2.20. The molecule has 2 N–H and O–H groups in total. The van der Waals surface area contributed by atoms with Crippen LogP contribution in [0.1, 0.15) is 24.2 Å². The molecule has 2 heterocycles. The average Bonchev–Trinajstić information content (AvgIpc) is 3.01. The number of aliphatic hydroxyl groups is 1. The molecule has 8 nitrogen and oxygen atoms in total. The van der Waals surface area contributed by atoms with E-state index in [2.05, 4.69) is 19.8 Å². The Balaban J connectivity index is 2.10. The van der Waals surface area contributed by atoms with E-state index in [4.69, 9.17) is 0 Å². The Bertz CT molecular complexity index is 1110. The van der Waals surface area contributed by atoms with Crippen molar-refractivity contribution in [2.24, 2.45) is 0 Å². The average molecular weight is 415 g/mol. The Labute approximate surface area is 161 Å². The summed E-state index contributed by atoms with van der Waals surface area (Å²) in [6, 6.07) is 2.29. The summed E-state index contributed by atoms with van der Waals surface area (Å²) in [4.78, 5) is 20.9. The molecule has 0 saturated carbocycles. The number of aliphatic hydroxyl groups excluding tert-OH is 1. The van der Waals surface area contributed by atoms with Crippen LogP contribution < -0.4 is 15.2 Å². The van der Waals surface area contributed by atoms with Crippen LogP contribution in [0.15, 0.2) is 23.0 Å². The number of halogens is 4. The predicted molar refractivity (Wildman–Crippen MR) is 95.3 cm³/mol. The van der Waals surface area contributed by atoms with Gasteiger partial charge in [0.2, 0.25) is 5.95 Å². The highest BCUT2D eigenvalue weighted by atomic mass is 19.4. The van der Waals surface area contributed by atoms with Crippen molar-refractivity contribution < 1.29 is 27.4 Å². The molecule has 2 aromatic heterocycles. The Morgan fingerprint density at radius 1 is 1.34 bits per heavy atom. The molecular weight excluding hydrogens is 398 g/mol. The van der Waals surface area contributed by atoms with Gasteiger partial charge >= 0.3 is 6.36 Å². The monoisotopic (exact) mass is 415 g/mol. The van der Waals surface area contributed by atoms with Gasteiger partial charge in [0.15, 0.2) is 17.2 Å². The zero-order valence-corrected chi connectivity index (χ0v) is 15.6. The van der Waals surface area contributed by atoms with Gasteiger partial charge < -0.3 is 14.7 Å². The van der Waals surface area contributed by atoms with Gasteiger partial charge in [0, 0.05) is 14.1 Å². The fourth-order valence-corrected chi connectivity index (χ4v) is 2.82. The minimum atomic E-state index is -5.02. The van der Waals surface area contributed by atoms with Gasteiger partial charge in [0.25, 0.3) is 5.56 Å². The number of anilines is 1. The molecule has 156 valence electrons. The largest absolute Gasteiger partial charge is 0.573 e. The summed E-state index contributed by atoms with van der Waals surface area (Å²) in [6.45, 7) is 1.07. The Hall–Kier alpha value is -3.15. The topological polar surface area (TPSA) is 96.3 Å². The quantitative estimate of drug-likeness (QED) is 0.621. The lowest BCUT2D eigenvalue weighted by molar-refractivity contribution is -0.275. The van der Waals surface area contributed by atoms with E-state index in [1.54, 1.807) is 25.9 Å². The SMILES string of the molecule is CC(c1ccc(OC(F)(F)F)c(F)c1)n1nc(CO)c2c(=O)[nH]c(N(C)C)nc21. The summed E-state index contributed by atoms with van der Waals surface area (Å²) in [6.07, 6.45) is -5.02. The molecule has 0 spiro atoms. The number of hydrogen-bond donors (Lipinski definition) is 2. The predicted octanol–water partition coefficient (Wildman–Crippen LogP) is 2.32. The van der Waals surface area contributed by atoms with Crippen molar-refractivity contribution in [3.63, 3.8) is 0 Å². The van der Waals surface area contributed by atoms with E-state index in [1.165, 1.54) is 10.7 Å². The summed E-state index contributed by atoms with van der Waals surface area (Å²) in [5.74, 6) is -1.93. The molecule has 0 bridgehead atoms. The summed E-state index contributed by atoms with van der Waals surface area (Å²) >= 11 is 0. The van der Waals surface area contributed by atoms with Gasteiger partial charge in [-0.15, -0.1) is 13.2 Å². The smallest absolute Gasteiger partial charge is 0.403 e. The van der Waals surface area contributed by atoms with Crippen molar-refractivity contribution in [3.8, 4) is 5.75 Å². The molecule has 0 aliphatic carbocycles. The maximum Gasteiger partial charge on any atom is 0.573 e. The molecule has 0 aliphatic rings. The van der Waals surface area contributed by atoms with E-state index in [1.807, 2.05) is 0 Å². The van der Waals surface area contributed by atoms with Crippen molar-refractivity contribution in [3.05, 3.63) is 45.6 Å². The molecule has 3 rings (SSSR count). The standard InChI is InChI=1S/C17H17F4N5O3/c1-8(9-4-5-12(10(18)6-9)29-17(19,20)21)26-14-13(11(7-27)24-26)15(28)23-16(22-14)25(2)3/h4-6,8,27H,7H2,1-3H3,(H,22,23,28). The Morgan fingerprint density at radius 3 is 2.59 bits per heavy atom. The molecule has 0 amide bonds. The van der Waals surface area contributed by atoms with Gasteiger partial charge in [-0.25, -0.2) is 9.07 Å². The normalized spacial score (nSPS) is 13.0. The minimum Gasteiger partial charge on any atom is -0.403 e. The fourth-order valence-electron chi connectivity index (χ4n) is 2.82. The van der Waals surface area contributed by atoms with Gasteiger partial charge in [-0.3, -0.25) is 9.78 Å². The Morgan fingerprint density at radius 2 is 2.03 bits per heavy atom.